The van der Waals surface area contributed by atoms with Crippen molar-refractivity contribution in [3.05, 3.63) is 58.4 Å². The van der Waals surface area contributed by atoms with Crippen molar-refractivity contribution < 1.29 is 5.11 Å². The van der Waals surface area contributed by atoms with Crippen LogP contribution in [0.2, 0.25) is 0 Å². The summed E-state index contributed by atoms with van der Waals surface area (Å²) in [5.41, 5.74) is 6.22. The van der Waals surface area contributed by atoms with Gasteiger partial charge in [0.2, 0.25) is 0 Å². The minimum absolute atomic E-state index is 0.312. The lowest BCUT2D eigenvalue weighted by atomic mass is 9.68. The second-order valence-corrected chi connectivity index (χ2v) is 12.9. The van der Waals surface area contributed by atoms with Crippen LogP contribution in [0.3, 0.4) is 0 Å². The molecule has 0 spiro atoms. The molecule has 0 bridgehead atoms. The van der Waals surface area contributed by atoms with E-state index in [4.69, 9.17) is 11.6 Å². The van der Waals surface area contributed by atoms with Gasteiger partial charge >= 0.3 is 0 Å². The number of aliphatic hydroxyl groups excluding tert-OH is 1. The topological polar surface area (TPSA) is 35.5 Å². The van der Waals surface area contributed by atoms with E-state index < -0.39 is 0 Å². The van der Waals surface area contributed by atoms with E-state index in [-0.39, 0.29) is 0 Å². The fourth-order valence-corrected chi connectivity index (χ4v) is 6.69. The molecule has 0 aromatic carbocycles. The molecule has 0 aromatic heterocycles. The fraction of sp³-hybridized carbons (Fsp3) is 0.677. The Hall–Kier alpha value is -1.29. The Morgan fingerprint density at radius 3 is 2.60 bits per heavy atom. The number of piperidine rings is 1. The molecule has 4 rings (SSSR count). The largest absolute Gasteiger partial charge is 0.512 e. The Balaban J connectivity index is 1.32. The zero-order chi connectivity index (χ0) is 25.0. The van der Waals surface area contributed by atoms with Crippen LogP contribution in [0.15, 0.2) is 58.4 Å². The number of likely N-dealkylation sites (tertiary alicyclic amines) is 1. The first-order valence-electron chi connectivity index (χ1n) is 14.0. The Morgan fingerprint density at radius 1 is 1.11 bits per heavy atom. The van der Waals surface area contributed by atoms with Gasteiger partial charge in [0.25, 0.3) is 0 Å². The van der Waals surface area contributed by atoms with Gasteiger partial charge in [-0.05, 0) is 86.0 Å². The third kappa shape index (κ3) is 7.14. The first-order chi connectivity index (χ1) is 16.7. The molecule has 4 heteroatoms. The number of nitrogens with zero attached hydrogens (tertiary/aromatic N) is 1. The van der Waals surface area contributed by atoms with Crippen LogP contribution in [0.4, 0.5) is 0 Å². The monoisotopic (exact) mass is 498 g/mol. The number of hydrogen-bond acceptors (Lipinski definition) is 3. The van der Waals surface area contributed by atoms with Crippen LogP contribution in [0.5, 0.6) is 0 Å². The Kier molecular flexibility index (Phi) is 9.05. The molecule has 1 heterocycles. The zero-order valence-electron chi connectivity index (χ0n) is 22.5. The first-order valence-corrected chi connectivity index (χ1v) is 14.4. The van der Waals surface area contributed by atoms with Crippen LogP contribution in [0.25, 0.3) is 0 Å². The molecule has 0 radical (unpaired) electrons. The average molecular weight is 499 g/mol. The number of hydrogen-bond donors (Lipinski definition) is 2. The molecule has 1 saturated heterocycles. The second kappa shape index (κ2) is 11.8. The summed E-state index contributed by atoms with van der Waals surface area (Å²) >= 11 is 6.36. The van der Waals surface area contributed by atoms with Gasteiger partial charge in [-0.2, -0.15) is 0 Å². The summed E-state index contributed by atoms with van der Waals surface area (Å²) in [4.78, 5) is 2.72. The molecular weight excluding hydrogens is 452 g/mol. The molecule has 35 heavy (non-hydrogen) atoms. The van der Waals surface area contributed by atoms with Crippen molar-refractivity contribution in [1.82, 2.24) is 10.2 Å². The van der Waals surface area contributed by atoms with Crippen LogP contribution < -0.4 is 5.32 Å². The van der Waals surface area contributed by atoms with E-state index in [1.54, 1.807) is 5.57 Å². The van der Waals surface area contributed by atoms with Crippen LogP contribution in [-0.2, 0) is 0 Å². The summed E-state index contributed by atoms with van der Waals surface area (Å²) < 4.78 is 0. The lowest BCUT2D eigenvalue weighted by molar-refractivity contribution is 0.0602. The third-order valence-electron chi connectivity index (χ3n) is 8.68. The smallest absolute Gasteiger partial charge is 0.0926 e. The second-order valence-electron chi connectivity index (χ2n) is 12.3. The molecule has 0 saturated carbocycles. The van der Waals surface area contributed by atoms with Crippen molar-refractivity contribution in [2.45, 2.75) is 90.5 Å². The summed E-state index contributed by atoms with van der Waals surface area (Å²) in [6.45, 7) is 14.1. The van der Waals surface area contributed by atoms with E-state index in [2.05, 4.69) is 62.2 Å². The van der Waals surface area contributed by atoms with Gasteiger partial charge in [0.15, 0.2) is 0 Å². The molecule has 3 aliphatic carbocycles. The minimum atomic E-state index is 0.312. The molecule has 0 aromatic rings. The molecule has 3 atom stereocenters. The van der Waals surface area contributed by atoms with E-state index in [0.29, 0.717) is 34.4 Å². The highest BCUT2D eigenvalue weighted by molar-refractivity contribution is 6.20. The highest BCUT2D eigenvalue weighted by Crippen LogP contribution is 2.43. The molecule has 4 aliphatic rings. The molecule has 3 nitrogen and oxygen atoms in total. The molecular formula is C31H47ClN2O. The van der Waals surface area contributed by atoms with E-state index in [0.717, 1.165) is 51.6 Å². The quantitative estimate of drug-likeness (QED) is 0.269. The van der Waals surface area contributed by atoms with Gasteiger partial charge in [-0.3, -0.25) is 0 Å². The molecule has 1 aliphatic heterocycles. The van der Waals surface area contributed by atoms with Crippen molar-refractivity contribution in [1.29, 1.82) is 0 Å². The maximum absolute atomic E-state index is 9.69. The van der Waals surface area contributed by atoms with E-state index in [1.165, 1.54) is 42.7 Å². The summed E-state index contributed by atoms with van der Waals surface area (Å²) in [5, 5.41) is 14.0. The third-order valence-corrected chi connectivity index (χ3v) is 9.07. The lowest BCUT2D eigenvalue weighted by Gasteiger charge is -2.47. The summed E-state index contributed by atoms with van der Waals surface area (Å²) in [6, 6.07) is 0.497. The lowest BCUT2D eigenvalue weighted by Crippen LogP contribution is -2.52. The van der Waals surface area contributed by atoms with Gasteiger partial charge in [-0.1, -0.05) is 63.1 Å². The maximum Gasteiger partial charge on any atom is 0.0926 e. The zero-order valence-corrected chi connectivity index (χ0v) is 23.2. The van der Waals surface area contributed by atoms with Crippen molar-refractivity contribution >= 4 is 11.6 Å². The average Bonchev–Trinajstić information content (AvgIpc) is 2.82. The molecule has 2 N–H and O–H groups in total. The number of nitrogens with one attached hydrogen (secondary N) is 1. The van der Waals surface area contributed by atoms with E-state index in [1.807, 2.05) is 6.08 Å². The Bertz CT molecular complexity index is 907. The maximum atomic E-state index is 9.69. The number of alkyl halides is 1. The summed E-state index contributed by atoms with van der Waals surface area (Å²) in [7, 11) is 0. The predicted octanol–water partition coefficient (Wildman–Crippen LogP) is 7.48. The van der Waals surface area contributed by atoms with Crippen LogP contribution in [0, 0.1) is 17.3 Å². The van der Waals surface area contributed by atoms with Gasteiger partial charge in [0.05, 0.1) is 5.76 Å². The van der Waals surface area contributed by atoms with Crippen molar-refractivity contribution in [2.75, 3.05) is 26.2 Å². The van der Waals surface area contributed by atoms with Gasteiger partial charge in [-0.15, -0.1) is 11.6 Å². The van der Waals surface area contributed by atoms with Crippen LogP contribution in [0.1, 0.15) is 79.1 Å². The summed E-state index contributed by atoms with van der Waals surface area (Å²) in [6.07, 6.45) is 19.8. The molecule has 1 fully saturated rings. The van der Waals surface area contributed by atoms with Gasteiger partial charge < -0.3 is 15.3 Å². The normalized spacial score (nSPS) is 28.6. The standard InChI is InChI=1S/C31H47ClN2O/c1-22(2)30(33-19-23-6-5-7-26(18-23)24-10-14-28(35)15-11-24)20-34-17-16-29(31(3,4)21-34)25-8-12-27(32)13-9-25/h7-8,10,14,18,22,27,29-30,33,35H,5-6,9,11-13,15-17,19-21H2,1-4H3/t27?,29-,30+/m1/s1. The van der Waals surface area contributed by atoms with Crippen molar-refractivity contribution in [2.24, 2.45) is 17.3 Å². The van der Waals surface area contributed by atoms with E-state index >= 15 is 0 Å². The molecule has 0 amide bonds. The van der Waals surface area contributed by atoms with Crippen molar-refractivity contribution in [3.63, 3.8) is 0 Å². The first kappa shape index (κ1) is 26.8. The Morgan fingerprint density at radius 2 is 1.94 bits per heavy atom. The van der Waals surface area contributed by atoms with Crippen LogP contribution >= 0.6 is 11.6 Å². The highest BCUT2D eigenvalue weighted by atomic mass is 35.5. The van der Waals surface area contributed by atoms with Gasteiger partial charge in [0, 0.05) is 37.5 Å². The van der Waals surface area contributed by atoms with E-state index in [9.17, 15) is 5.11 Å². The van der Waals surface area contributed by atoms with Crippen molar-refractivity contribution in [3.8, 4) is 0 Å². The predicted molar refractivity (Wildman–Crippen MR) is 150 cm³/mol. The fourth-order valence-electron chi connectivity index (χ4n) is 6.50. The van der Waals surface area contributed by atoms with Gasteiger partial charge in [0.1, 0.15) is 0 Å². The summed E-state index contributed by atoms with van der Waals surface area (Å²) in [5.74, 6) is 1.81. The van der Waals surface area contributed by atoms with Crippen LogP contribution in [-0.4, -0.2) is 47.6 Å². The Labute approximate surface area is 219 Å². The highest BCUT2D eigenvalue weighted by Gasteiger charge is 2.38. The number of halogens is 1. The molecule has 194 valence electrons. The molecule has 1 unspecified atom stereocenters. The number of aliphatic hydroxyl groups is 1. The van der Waals surface area contributed by atoms with Gasteiger partial charge in [-0.25, -0.2) is 0 Å². The minimum Gasteiger partial charge on any atom is -0.512 e. The number of allylic oxidation sites excluding steroid dienone is 9. The SMILES string of the molecule is CC(C)[C@H](CN1CC[C@H](C2=CCC(Cl)CC2)C(C)(C)C1)NCC1=CC(C2=CC=C(O)CC2)=CCC1. The number of rotatable bonds is 8.